The lowest BCUT2D eigenvalue weighted by Gasteiger charge is -2.32. The Morgan fingerprint density at radius 2 is 1.80 bits per heavy atom. The van der Waals surface area contributed by atoms with Crippen LogP contribution in [0.15, 0.2) is 12.2 Å². The van der Waals surface area contributed by atoms with Crippen molar-refractivity contribution >= 4 is 11.9 Å². The predicted molar refractivity (Wildman–Crippen MR) is 73.9 cm³/mol. The number of aliphatic hydroxyl groups excluding tert-OH is 1. The van der Waals surface area contributed by atoms with Crippen molar-refractivity contribution in [1.82, 2.24) is 0 Å². The van der Waals surface area contributed by atoms with Crippen LogP contribution in [-0.2, 0) is 19.1 Å². The zero-order chi connectivity index (χ0) is 15.5. The number of ether oxygens (including phenoxy) is 2. The number of carbonyl (C=O) groups excluding carboxylic acids is 2. The highest BCUT2D eigenvalue weighted by atomic mass is 16.6. The third-order valence-corrected chi connectivity index (χ3v) is 3.00. The van der Waals surface area contributed by atoms with Crippen molar-refractivity contribution in [2.24, 2.45) is 5.92 Å². The summed E-state index contributed by atoms with van der Waals surface area (Å²) in [6, 6.07) is 0. The van der Waals surface area contributed by atoms with Gasteiger partial charge in [-0.1, -0.05) is 6.58 Å². The highest BCUT2D eigenvalue weighted by molar-refractivity contribution is 5.87. The van der Waals surface area contributed by atoms with E-state index in [1.165, 1.54) is 0 Å². The van der Waals surface area contributed by atoms with E-state index in [0.717, 1.165) is 0 Å². The van der Waals surface area contributed by atoms with Crippen LogP contribution in [0.4, 0.5) is 0 Å². The van der Waals surface area contributed by atoms with Crippen molar-refractivity contribution < 1.29 is 24.2 Å². The molecule has 0 spiro atoms. The van der Waals surface area contributed by atoms with Crippen LogP contribution >= 0.6 is 0 Å². The summed E-state index contributed by atoms with van der Waals surface area (Å²) < 4.78 is 10.5. The average molecular weight is 284 g/mol. The third-order valence-electron chi connectivity index (χ3n) is 3.00. The predicted octanol–water partition coefficient (Wildman–Crippen LogP) is 1.98. The minimum absolute atomic E-state index is 0.305. The monoisotopic (exact) mass is 284 g/mol. The molecule has 0 aliphatic heterocycles. The van der Waals surface area contributed by atoms with E-state index in [2.05, 4.69) is 6.58 Å². The summed E-state index contributed by atoms with van der Waals surface area (Å²) in [5.74, 6) is -1.29. The fourth-order valence-electron chi connectivity index (χ4n) is 2.16. The van der Waals surface area contributed by atoms with Crippen molar-refractivity contribution in [2.45, 2.75) is 64.8 Å². The van der Waals surface area contributed by atoms with Gasteiger partial charge in [0.2, 0.25) is 0 Å². The van der Waals surface area contributed by atoms with E-state index >= 15 is 0 Å². The van der Waals surface area contributed by atoms with Gasteiger partial charge >= 0.3 is 11.9 Å². The SMILES string of the molecule is C=C(C)C(=O)OC1CC(O)CC(C(=O)OC(C)(C)C)C1. The summed E-state index contributed by atoms with van der Waals surface area (Å²) in [5, 5.41) is 9.83. The van der Waals surface area contributed by atoms with Gasteiger partial charge in [0.05, 0.1) is 12.0 Å². The van der Waals surface area contributed by atoms with Gasteiger partial charge in [-0.05, 0) is 40.5 Å². The molecule has 1 aliphatic carbocycles. The second-order valence-electron chi connectivity index (χ2n) is 6.40. The van der Waals surface area contributed by atoms with Crippen LogP contribution in [0.25, 0.3) is 0 Å². The molecule has 1 saturated carbocycles. The fourth-order valence-corrected chi connectivity index (χ4v) is 2.16. The lowest BCUT2D eigenvalue weighted by Crippen LogP contribution is -2.39. The molecule has 20 heavy (non-hydrogen) atoms. The van der Waals surface area contributed by atoms with Gasteiger partial charge < -0.3 is 14.6 Å². The molecule has 0 aromatic rings. The highest BCUT2D eigenvalue weighted by Crippen LogP contribution is 2.29. The molecule has 114 valence electrons. The summed E-state index contributed by atoms with van der Waals surface area (Å²) in [7, 11) is 0. The Morgan fingerprint density at radius 3 is 2.30 bits per heavy atom. The molecule has 1 fully saturated rings. The van der Waals surface area contributed by atoms with Crippen molar-refractivity contribution in [3.63, 3.8) is 0 Å². The Hall–Kier alpha value is -1.36. The fraction of sp³-hybridized carbons (Fsp3) is 0.733. The van der Waals surface area contributed by atoms with Gasteiger partial charge in [0, 0.05) is 12.0 Å². The summed E-state index contributed by atoms with van der Waals surface area (Å²) in [6.07, 6.45) is -0.0658. The molecule has 1 rings (SSSR count). The first-order valence-corrected chi connectivity index (χ1v) is 6.86. The van der Waals surface area contributed by atoms with Gasteiger partial charge in [0.15, 0.2) is 0 Å². The van der Waals surface area contributed by atoms with Crippen LogP contribution in [0.5, 0.6) is 0 Å². The second kappa shape index (κ2) is 6.39. The standard InChI is InChI=1S/C15H24O5/c1-9(2)13(17)19-12-7-10(6-11(16)8-12)14(18)20-15(3,4)5/h10-12,16H,1,6-8H2,2-5H3. The van der Waals surface area contributed by atoms with Crippen molar-refractivity contribution in [3.05, 3.63) is 12.2 Å². The molecule has 0 saturated heterocycles. The molecule has 0 bridgehead atoms. The van der Waals surface area contributed by atoms with Gasteiger partial charge in [-0.2, -0.15) is 0 Å². The second-order valence-corrected chi connectivity index (χ2v) is 6.40. The maximum absolute atomic E-state index is 12.0. The van der Waals surface area contributed by atoms with E-state index in [1.807, 2.05) is 0 Å². The summed E-state index contributed by atoms with van der Waals surface area (Å²) in [5.41, 5.74) is -0.262. The van der Waals surface area contributed by atoms with Gasteiger partial charge in [-0.25, -0.2) is 4.79 Å². The van der Waals surface area contributed by atoms with E-state index in [4.69, 9.17) is 9.47 Å². The molecular formula is C15H24O5. The number of carbonyl (C=O) groups is 2. The Morgan fingerprint density at radius 1 is 1.20 bits per heavy atom. The molecule has 3 atom stereocenters. The van der Waals surface area contributed by atoms with Crippen LogP contribution < -0.4 is 0 Å². The van der Waals surface area contributed by atoms with Crippen molar-refractivity contribution in [2.75, 3.05) is 0 Å². The maximum atomic E-state index is 12.0. The first-order valence-electron chi connectivity index (χ1n) is 6.86. The molecule has 1 N–H and O–H groups in total. The Balaban J connectivity index is 2.64. The molecule has 0 amide bonds. The zero-order valence-corrected chi connectivity index (χ0v) is 12.6. The highest BCUT2D eigenvalue weighted by Gasteiger charge is 2.36. The Bertz CT molecular complexity index is 394. The van der Waals surface area contributed by atoms with Crippen LogP contribution in [0.2, 0.25) is 0 Å². The first-order chi connectivity index (χ1) is 9.08. The largest absolute Gasteiger partial charge is 0.460 e. The maximum Gasteiger partial charge on any atom is 0.333 e. The summed E-state index contributed by atoms with van der Waals surface area (Å²) >= 11 is 0. The van der Waals surface area contributed by atoms with Gasteiger partial charge in [0.25, 0.3) is 0 Å². The lowest BCUT2D eigenvalue weighted by molar-refractivity contribution is -0.168. The van der Waals surface area contributed by atoms with E-state index in [-0.39, 0.29) is 5.97 Å². The molecule has 1 aliphatic rings. The molecule has 3 unspecified atom stereocenters. The molecule has 5 nitrogen and oxygen atoms in total. The third kappa shape index (κ3) is 5.33. The van der Waals surface area contributed by atoms with Crippen LogP contribution in [0, 0.1) is 5.92 Å². The summed E-state index contributed by atoms with van der Waals surface area (Å²) in [4.78, 5) is 23.5. The van der Waals surface area contributed by atoms with Crippen molar-refractivity contribution in [3.8, 4) is 0 Å². The van der Waals surface area contributed by atoms with Crippen molar-refractivity contribution in [1.29, 1.82) is 0 Å². The summed E-state index contributed by atoms with van der Waals surface area (Å²) in [6.45, 7) is 10.5. The van der Waals surface area contributed by atoms with Crippen LogP contribution in [-0.4, -0.2) is 34.9 Å². The van der Waals surface area contributed by atoms with Crippen LogP contribution in [0.3, 0.4) is 0 Å². The van der Waals surface area contributed by atoms with Gasteiger partial charge in [0.1, 0.15) is 11.7 Å². The number of rotatable bonds is 3. The van der Waals surface area contributed by atoms with E-state index in [1.54, 1.807) is 27.7 Å². The molecule has 0 aromatic carbocycles. The van der Waals surface area contributed by atoms with Gasteiger partial charge in [-0.3, -0.25) is 4.79 Å². The number of aliphatic hydroxyl groups is 1. The Labute approximate surface area is 119 Å². The first kappa shape index (κ1) is 16.7. The topological polar surface area (TPSA) is 72.8 Å². The molecule has 0 heterocycles. The lowest BCUT2D eigenvalue weighted by atomic mass is 9.85. The minimum Gasteiger partial charge on any atom is -0.460 e. The molecular weight excluding hydrogens is 260 g/mol. The number of esters is 2. The average Bonchev–Trinajstić information content (AvgIpc) is 2.25. The molecule has 0 radical (unpaired) electrons. The number of hydrogen-bond donors (Lipinski definition) is 1. The van der Waals surface area contributed by atoms with E-state index in [9.17, 15) is 14.7 Å². The Kier molecular flexibility index (Phi) is 5.34. The van der Waals surface area contributed by atoms with E-state index in [0.29, 0.717) is 24.8 Å². The normalized spacial score (nSPS) is 26.8. The zero-order valence-electron chi connectivity index (χ0n) is 12.6. The molecule has 5 heteroatoms. The van der Waals surface area contributed by atoms with Crippen LogP contribution in [0.1, 0.15) is 47.0 Å². The van der Waals surface area contributed by atoms with E-state index < -0.39 is 29.7 Å². The smallest absolute Gasteiger partial charge is 0.333 e. The molecule has 0 aromatic heterocycles. The quantitative estimate of drug-likeness (QED) is 0.633. The number of hydrogen-bond acceptors (Lipinski definition) is 5. The van der Waals surface area contributed by atoms with Gasteiger partial charge in [-0.15, -0.1) is 0 Å². The minimum atomic E-state index is -0.663.